The van der Waals surface area contributed by atoms with E-state index in [9.17, 15) is 4.79 Å². The summed E-state index contributed by atoms with van der Waals surface area (Å²) in [4.78, 5) is 15.6. The van der Waals surface area contributed by atoms with Crippen molar-refractivity contribution in [2.45, 2.75) is 6.42 Å². The molecule has 2 rings (SSSR count). The Kier molecular flexibility index (Phi) is 4.07. The SMILES string of the molecule is O=C(NCC1CCSC1)c1ccnc(Cl)c1. The fraction of sp³-hybridized carbons (Fsp3) is 0.455. The molecule has 1 N–H and O–H groups in total. The van der Waals surface area contributed by atoms with Gasteiger partial charge >= 0.3 is 0 Å². The summed E-state index contributed by atoms with van der Waals surface area (Å²) in [6.07, 6.45) is 2.74. The summed E-state index contributed by atoms with van der Waals surface area (Å²) in [7, 11) is 0. The number of amides is 1. The second-order valence-corrected chi connectivity index (χ2v) is 5.34. The van der Waals surface area contributed by atoms with E-state index in [1.54, 1.807) is 18.3 Å². The first-order valence-electron chi connectivity index (χ1n) is 5.23. The second kappa shape index (κ2) is 5.55. The average Bonchev–Trinajstić information content (AvgIpc) is 2.78. The van der Waals surface area contributed by atoms with Gasteiger partial charge < -0.3 is 5.32 Å². The lowest BCUT2D eigenvalue weighted by Crippen LogP contribution is -2.29. The molecule has 0 aliphatic carbocycles. The van der Waals surface area contributed by atoms with Gasteiger partial charge in [-0.05, 0) is 36.0 Å². The predicted octanol–water partition coefficient (Wildman–Crippen LogP) is 2.22. The molecule has 1 saturated heterocycles. The van der Waals surface area contributed by atoms with Crippen LogP contribution in [0.1, 0.15) is 16.8 Å². The highest BCUT2D eigenvalue weighted by Gasteiger charge is 2.16. The van der Waals surface area contributed by atoms with E-state index in [1.165, 1.54) is 12.2 Å². The summed E-state index contributed by atoms with van der Waals surface area (Å²) in [5.74, 6) is 2.91. The Hall–Kier alpha value is -0.740. The highest BCUT2D eigenvalue weighted by Crippen LogP contribution is 2.22. The summed E-state index contributed by atoms with van der Waals surface area (Å²) in [5, 5.41) is 3.28. The van der Waals surface area contributed by atoms with Crippen molar-refractivity contribution in [2.24, 2.45) is 5.92 Å². The molecule has 1 aromatic rings. The number of rotatable bonds is 3. The van der Waals surface area contributed by atoms with E-state index in [4.69, 9.17) is 11.6 Å². The van der Waals surface area contributed by atoms with E-state index in [2.05, 4.69) is 10.3 Å². The van der Waals surface area contributed by atoms with Gasteiger partial charge in [-0.3, -0.25) is 4.79 Å². The molecule has 2 heterocycles. The van der Waals surface area contributed by atoms with Gasteiger partial charge in [0, 0.05) is 18.3 Å². The van der Waals surface area contributed by atoms with Crippen LogP contribution in [-0.4, -0.2) is 28.9 Å². The van der Waals surface area contributed by atoms with E-state index in [1.807, 2.05) is 11.8 Å². The molecule has 0 spiro atoms. The number of aromatic nitrogens is 1. The predicted molar refractivity (Wildman–Crippen MR) is 67.0 cm³/mol. The monoisotopic (exact) mass is 256 g/mol. The summed E-state index contributed by atoms with van der Waals surface area (Å²) in [5.41, 5.74) is 0.575. The number of halogens is 1. The van der Waals surface area contributed by atoms with Crippen LogP contribution >= 0.6 is 23.4 Å². The standard InChI is InChI=1S/C11H13ClN2OS/c12-10-5-9(1-3-13-10)11(15)14-6-8-2-4-16-7-8/h1,3,5,8H,2,4,6-7H2,(H,14,15). The van der Waals surface area contributed by atoms with Gasteiger partial charge in [-0.1, -0.05) is 11.6 Å². The average molecular weight is 257 g/mol. The maximum atomic E-state index is 11.7. The molecule has 0 saturated carbocycles. The molecule has 1 amide bonds. The zero-order chi connectivity index (χ0) is 11.4. The normalized spacial score (nSPS) is 19.7. The number of carbonyl (C=O) groups is 1. The quantitative estimate of drug-likeness (QED) is 0.844. The van der Waals surface area contributed by atoms with Crippen molar-refractivity contribution < 1.29 is 4.79 Å². The smallest absolute Gasteiger partial charge is 0.251 e. The second-order valence-electron chi connectivity index (χ2n) is 3.81. The molecule has 3 nitrogen and oxygen atoms in total. The van der Waals surface area contributed by atoms with Gasteiger partial charge in [-0.25, -0.2) is 4.98 Å². The first-order chi connectivity index (χ1) is 7.75. The number of carbonyl (C=O) groups excluding carboxylic acids is 1. The number of pyridine rings is 1. The topological polar surface area (TPSA) is 42.0 Å². The minimum absolute atomic E-state index is 0.0683. The number of hydrogen-bond donors (Lipinski definition) is 1. The minimum Gasteiger partial charge on any atom is -0.352 e. The Morgan fingerprint density at radius 1 is 1.69 bits per heavy atom. The molecule has 1 aliphatic heterocycles. The number of thioether (sulfide) groups is 1. The van der Waals surface area contributed by atoms with Crippen LogP contribution in [-0.2, 0) is 0 Å². The van der Waals surface area contributed by atoms with E-state index >= 15 is 0 Å². The number of hydrogen-bond acceptors (Lipinski definition) is 3. The van der Waals surface area contributed by atoms with Crippen LogP contribution in [0.4, 0.5) is 0 Å². The molecule has 1 aromatic heterocycles. The van der Waals surface area contributed by atoms with Crippen molar-refractivity contribution >= 4 is 29.3 Å². The van der Waals surface area contributed by atoms with Gasteiger partial charge in [0.25, 0.3) is 5.91 Å². The molecule has 1 atom stereocenters. The third-order valence-corrected chi connectivity index (χ3v) is 4.00. The molecule has 0 aromatic carbocycles. The van der Waals surface area contributed by atoms with Crippen LogP contribution in [0, 0.1) is 5.92 Å². The maximum absolute atomic E-state index is 11.7. The minimum atomic E-state index is -0.0683. The lowest BCUT2D eigenvalue weighted by atomic mass is 10.1. The van der Waals surface area contributed by atoms with Crippen molar-refractivity contribution in [3.63, 3.8) is 0 Å². The van der Waals surface area contributed by atoms with Gasteiger partial charge in [-0.15, -0.1) is 0 Å². The van der Waals surface area contributed by atoms with Gasteiger partial charge in [0.15, 0.2) is 0 Å². The van der Waals surface area contributed by atoms with Crippen LogP contribution in [0.5, 0.6) is 0 Å². The van der Waals surface area contributed by atoms with Gasteiger partial charge in [0.1, 0.15) is 5.15 Å². The largest absolute Gasteiger partial charge is 0.352 e. The molecule has 1 fully saturated rings. The third-order valence-electron chi connectivity index (χ3n) is 2.56. The van der Waals surface area contributed by atoms with Crippen molar-refractivity contribution in [1.82, 2.24) is 10.3 Å². The lowest BCUT2D eigenvalue weighted by Gasteiger charge is -2.09. The number of nitrogens with zero attached hydrogens (tertiary/aromatic N) is 1. The van der Waals surface area contributed by atoms with Crippen LogP contribution in [0.3, 0.4) is 0 Å². The van der Waals surface area contributed by atoms with E-state index in [0.717, 1.165) is 12.3 Å². The van der Waals surface area contributed by atoms with Crippen molar-refractivity contribution in [3.05, 3.63) is 29.0 Å². The van der Waals surface area contributed by atoms with Crippen molar-refractivity contribution in [3.8, 4) is 0 Å². The van der Waals surface area contributed by atoms with Gasteiger partial charge in [0.2, 0.25) is 0 Å². The van der Waals surface area contributed by atoms with Crippen LogP contribution in [0.15, 0.2) is 18.3 Å². The van der Waals surface area contributed by atoms with E-state index < -0.39 is 0 Å². The van der Waals surface area contributed by atoms with E-state index in [-0.39, 0.29) is 5.91 Å². The molecule has 0 bridgehead atoms. The first kappa shape index (κ1) is 11.7. The first-order valence-corrected chi connectivity index (χ1v) is 6.76. The molecule has 86 valence electrons. The third kappa shape index (κ3) is 3.12. The van der Waals surface area contributed by atoms with Gasteiger partial charge in [-0.2, -0.15) is 11.8 Å². The molecular weight excluding hydrogens is 244 g/mol. The summed E-state index contributed by atoms with van der Waals surface area (Å²) < 4.78 is 0. The fourth-order valence-electron chi connectivity index (χ4n) is 1.63. The summed E-state index contributed by atoms with van der Waals surface area (Å²) in [6, 6.07) is 3.25. The van der Waals surface area contributed by atoms with E-state index in [0.29, 0.717) is 16.6 Å². The Morgan fingerprint density at radius 2 is 2.56 bits per heavy atom. The molecular formula is C11H13ClN2OS. The Balaban J connectivity index is 1.87. The van der Waals surface area contributed by atoms with Gasteiger partial charge in [0.05, 0.1) is 0 Å². The molecule has 5 heteroatoms. The van der Waals surface area contributed by atoms with Crippen LogP contribution in [0.25, 0.3) is 0 Å². The lowest BCUT2D eigenvalue weighted by molar-refractivity contribution is 0.0948. The fourth-order valence-corrected chi connectivity index (χ4v) is 3.09. The zero-order valence-corrected chi connectivity index (χ0v) is 10.4. The van der Waals surface area contributed by atoms with Crippen LogP contribution < -0.4 is 5.32 Å². The number of nitrogens with one attached hydrogen (secondary N) is 1. The Labute approximate surface area is 104 Å². The summed E-state index contributed by atoms with van der Waals surface area (Å²) >= 11 is 7.67. The zero-order valence-electron chi connectivity index (χ0n) is 8.78. The molecule has 1 unspecified atom stereocenters. The Morgan fingerprint density at radius 3 is 3.25 bits per heavy atom. The molecule has 1 aliphatic rings. The highest BCUT2D eigenvalue weighted by molar-refractivity contribution is 7.99. The Bertz CT molecular complexity index is 380. The van der Waals surface area contributed by atoms with Crippen molar-refractivity contribution in [2.75, 3.05) is 18.1 Å². The van der Waals surface area contributed by atoms with Crippen LogP contribution in [0.2, 0.25) is 5.15 Å². The maximum Gasteiger partial charge on any atom is 0.251 e. The summed E-state index contributed by atoms with van der Waals surface area (Å²) in [6.45, 7) is 0.756. The van der Waals surface area contributed by atoms with Crippen molar-refractivity contribution in [1.29, 1.82) is 0 Å². The highest BCUT2D eigenvalue weighted by atomic mass is 35.5. The molecule has 0 radical (unpaired) electrons. The molecule has 16 heavy (non-hydrogen) atoms.